The smallest absolute Gasteiger partial charge is 0.404 e. The maximum absolute atomic E-state index is 11.4. The molecule has 0 unspecified atom stereocenters. The highest BCUT2D eigenvalue weighted by Crippen LogP contribution is 2.35. The number of hydrogen-bond donors (Lipinski definition) is 2. The lowest BCUT2D eigenvalue weighted by Crippen LogP contribution is -2.23. The second-order valence-corrected chi connectivity index (χ2v) is 9.39. The van der Waals surface area contributed by atoms with Gasteiger partial charge in [0.1, 0.15) is 12.4 Å². The largest absolute Gasteiger partial charge is 0.488 e. The van der Waals surface area contributed by atoms with Crippen LogP contribution >= 0.6 is 11.8 Å². The summed E-state index contributed by atoms with van der Waals surface area (Å²) in [5, 5.41) is 11.9. The van der Waals surface area contributed by atoms with Crippen LogP contribution in [0.15, 0.2) is 53.4 Å². The Morgan fingerprint density at radius 1 is 1.09 bits per heavy atom. The minimum Gasteiger partial charge on any atom is -0.488 e. The van der Waals surface area contributed by atoms with E-state index >= 15 is 0 Å². The summed E-state index contributed by atoms with van der Waals surface area (Å²) >= 11 is 1.64. The SMILES string of the molecule is CSc1ccccc1OCc1c(C)nc(CC(C)C)c(CNC(=O)O)c1-c1ccc(C)cc1. The van der Waals surface area contributed by atoms with E-state index in [1.54, 1.807) is 11.8 Å². The quantitative estimate of drug-likeness (QED) is 0.348. The van der Waals surface area contributed by atoms with Gasteiger partial charge in [0, 0.05) is 34.0 Å². The maximum atomic E-state index is 11.4. The molecule has 0 aliphatic rings. The van der Waals surface area contributed by atoms with E-state index in [1.807, 2.05) is 37.4 Å². The lowest BCUT2D eigenvalue weighted by atomic mass is 9.90. The number of carboxylic acid groups (broad SMARTS) is 1. The van der Waals surface area contributed by atoms with Gasteiger partial charge >= 0.3 is 6.09 Å². The van der Waals surface area contributed by atoms with Crippen molar-refractivity contribution in [2.75, 3.05) is 6.26 Å². The molecule has 6 heteroatoms. The molecule has 2 aromatic carbocycles. The molecule has 3 aromatic rings. The number of hydrogen-bond acceptors (Lipinski definition) is 4. The number of thioether (sulfide) groups is 1. The summed E-state index contributed by atoms with van der Waals surface area (Å²) in [4.78, 5) is 17.4. The van der Waals surface area contributed by atoms with Gasteiger partial charge < -0.3 is 15.2 Å². The Hall–Kier alpha value is -2.99. The van der Waals surface area contributed by atoms with Gasteiger partial charge in [-0.3, -0.25) is 4.98 Å². The lowest BCUT2D eigenvalue weighted by molar-refractivity contribution is 0.194. The van der Waals surface area contributed by atoms with E-state index in [0.29, 0.717) is 12.5 Å². The number of aromatic nitrogens is 1. The molecule has 1 amide bonds. The summed E-state index contributed by atoms with van der Waals surface area (Å²) in [7, 11) is 0. The summed E-state index contributed by atoms with van der Waals surface area (Å²) in [6, 6.07) is 16.3. The van der Waals surface area contributed by atoms with Gasteiger partial charge in [-0.15, -0.1) is 11.8 Å². The number of ether oxygens (including phenoxy) is 1. The second kappa shape index (κ2) is 11.2. The predicted molar refractivity (Wildman–Crippen MR) is 135 cm³/mol. The molecule has 0 saturated heterocycles. The third-order valence-corrected chi connectivity index (χ3v) is 6.27. The molecule has 0 radical (unpaired) electrons. The zero-order chi connectivity index (χ0) is 24.0. The summed E-state index contributed by atoms with van der Waals surface area (Å²) in [5.74, 6) is 1.22. The van der Waals surface area contributed by atoms with E-state index in [9.17, 15) is 9.90 Å². The molecular weight excluding hydrogens is 432 g/mol. The van der Waals surface area contributed by atoms with Gasteiger partial charge in [-0.25, -0.2) is 4.79 Å². The van der Waals surface area contributed by atoms with Gasteiger partial charge in [-0.1, -0.05) is 55.8 Å². The molecule has 0 saturated carbocycles. The van der Waals surface area contributed by atoms with Gasteiger partial charge in [0.15, 0.2) is 0 Å². The Bertz CT molecular complexity index is 1110. The van der Waals surface area contributed by atoms with Gasteiger partial charge in [0.2, 0.25) is 0 Å². The summed E-state index contributed by atoms with van der Waals surface area (Å²) in [5.41, 5.74) is 6.94. The third-order valence-electron chi connectivity index (χ3n) is 5.49. The predicted octanol–water partition coefficient (Wildman–Crippen LogP) is 6.63. The van der Waals surface area contributed by atoms with E-state index < -0.39 is 6.09 Å². The Morgan fingerprint density at radius 3 is 2.42 bits per heavy atom. The number of nitrogens with one attached hydrogen (secondary N) is 1. The first-order chi connectivity index (χ1) is 15.8. The molecule has 1 aromatic heterocycles. The number of pyridine rings is 1. The lowest BCUT2D eigenvalue weighted by Gasteiger charge is -2.22. The molecule has 3 rings (SSSR count). The number of para-hydroxylation sites is 1. The van der Waals surface area contributed by atoms with Crippen LogP contribution in [0.25, 0.3) is 11.1 Å². The molecule has 0 spiro atoms. The van der Waals surface area contributed by atoms with Crippen molar-refractivity contribution in [2.24, 2.45) is 5.92 Å². The van der Waals surface area contributed by atoms with Crippen molar-refractivity contribution < 1.29 is 14.6 Å². The highest BCUT2D eigenvalue weighted by atomic mass is 32.2. The zero-order valence-electron chi connectivity index (χ0n) is 19.9. The first kappa shape index (κ1) is 24.6. The van der Waals surface area contributed by atoms with Crippen molar-refractivity contribution in [1.82, 2.24) is 10.3 Å². The molecule has 0 fully saturated rings. The van der Waals surface area contributed by atoms with Crippen molar-refractivity contribution in [3.8, 4) is 16.9 Å². The normalized spacial score (nSPS) is 11.0. The van der Waals surface area contributed by atoms with Crippen LogP contribution in [0.1, 0.15) is 41.9 Å². The van der Waals surface area contributed by atoms with E-state index in [-0.39, 0.29) is 6.54 Å². The minimum atomic E-state index is -1.05. The Morgan fingerprint density at radius 2 is 1.79 bits per heavy atom. The van der Waals surface area contributed by atoms with Crippen LogP contribution in [0.2, 0.25) is 0 Å². The molecule has 0 aliphatic carbocycles. The molecule has 0 bridgehead atoms. The highest BCUT2D eigenvalue weighted by Gasteiger charge is 2.21. The average molecular weight is 465 g/mol. The minimum absolute atomic E-state index is 0.197. The fraction of sp³-hybridized carbons (Fsp3) is 0.333. The van der Waals surface area contributed by atoms with Crippen LogP contribution in [0.3, 0.4) is 0 Å². The molecule has 2 N–H and O–H groups in total. The van der Waals surface area contributed by atoms with Crippen molar-refractivity contribution in [2.45, 2.75) is 52.2 Å². The average Bonchev–Trinajstić information content (AvgIpc) is 2.77. The summed E-state index contributed by atoms with van der Waals surface area (Å²) in [6.45, 7) is 8.90. The van der Waals surface area contributed by atoms with Crippen LogP contribution in [-0.2, 0) is 19.6 Å². The third kappa shape index (κ3) is 6.29. The Labute approximate surface area is 200 Å². The van der Waals surface area contributed by atoms with Crippen molar-refractivity contribution in [3.63, 3.8) is 0 Å². The molecule has 174 valence electrons. The van der Waals surface area contributed by atoms with Crippen LogP contribution in [0.4, 0.5) is 4.79 Å². The first-order valence-electron chi connectivity index (χ1n) is 11.1. The van der Waals surface area contributed by atoms with Gasteiger partial charge in [0.25, 0.3) is 0 Å². The van der Waals surface area contributed by atoms with Gasteiger partial charge in [-0.2, -0.15) is 0 Å². The van der Waals surface area contributed by atoms with E-state index in [2.05, 4.69) is 50.4 Å². The molecule has 0 atom stereocenters. The zero-order valence-corrected chi connectivity index (χ0v) is 20.8. The number of amides is 1. The monoisotopic (exact) mass is 464 g/mol. The first-order valence-corrected chi connectivity index (χ1v) is 12.3. The molecule has 33 heavy (non-hydrogen) atoms. The number of rotatable bonds is 9. The summed E-state index contributed by atoms with van der Waals surface area (Å²) in [6.07, 6.45) is 1.75. The molecule has 5 nitrogen and oxygen atoms in total. The van der Waals surface area contributed by atoms with Crippen molar-refractivity contribution in [3.05, 3.63) is 76.6 Å². The van der Waals surface area contributed by atoms with E-state index in [1.165, 1.54) is 5.56 Å². The highest BCUT2D eigenvalue weighted by molar-refractivity contribution is 7.98. The van der Waals surface area contributed by atoms with E-state index in [0.717, 1.165) is 50.7 Å². The fourth-order valence-corrected chi connectivity index (χ4v) is 4.43. The maximum Gasteiger partial charge on any atom is 0.404 e. The number of benzene rings is 2. The molecule has 0 aliphatic heterocycles. The van der Waals surface area contributed by atoms with E-state index in [4.69, 9.17) is 9.72 Å². The molecular formula is C27H32N2O3S. The number of aryl methyl sites for hydroxylation is 2. The van der Waals surface area contributed by atoms with Crippen LogP contribution in [0.5, 0.6) is 5.75 Å². The van der Waals surface area contributed by atoms with Crippen LogP contribution in [-0.4, -0.2) is 22.4 Å². The Balaban J connectivity index is 2.16. The second-order valence-electron chi connectivity index (χ2n) is 8.54. The van der Waals surface area contributed by atoms with Crippen molar-refractivity contribution >= 4 is 17.9 Å². The standard InChI is InChI=1S/C27H32N2O3S/c1-17(2)14-23-21(15-28-27(30)31)26(20-12-10-18(3)11-13-20)22(19(4)29-23)16-32-24-8-6-7-9-25(24)33-5/h6-13,17,28H,14-16H2,1-5H3,(H,30,31). The van der Waals surface area contributed by atoms with Crippen LogP contribution in [0, 0.1) is 19.8 Å². The van der Waals surface area contributed by atoms with Gasteiger partial charge in [0.05, 0.1) is 0 Å². The Kier molecular flexibility index (Phi) is 8.39. The van der Waals surface area contributed by atoms with Gasteiger partial charge in [-0.05, 0) is 55.7 Å². The molecule has 1 heterocycles. The van der Waals surface area contributed by atoms with Crippen molar-refractivity contribution in [1.29, 1.82) is 0 Å². The topological polar surface area (TPSA) is 71.5 Å². The van der Waals surface area contributed by atoms with Crippen LogP contribution < -0.4 is 10.1 Å². The fourth-order valence-electron chi connectivity index (χ4n) is 3.89. The number of carbonyl (C=O) groups is 1. The number of nitrogens with zero attached hydrogens (tertiary/aromatic N) is 1. The summed E-state index contributed by atoms with van der Waals surface area (Å²) < 4.78 is 6.28.